The van der Waals surface area contributed by atoms with Crippen LogP contribution in [0, 0.1) is 23.0 Å². The molecule has 0 fully saturated rings. The van der Waals surface area contributed by atoms with E-state index in [1.807, 2.05) is 0 Å². The topological polar surface area (TPSA) is 36.7 Å². The molecule has 0 aliphatic rings. The quantitative estimate of drug-likeness (QED) is 0.690. The maximum Gasteiger partial charge on any atom is 0.137 e. The van der Waals surface area contributed by atoms with Crippen LogP contribution in [0.5, 0.6) is 0 Å². The first-order valence-electron chi connectivity index (χ1n) is 3.97. The van der Waals surface area contributed by atoms with Crippen LogP contribution in [-0.4, -0.2) is 4.98 Å². The molecule has 0 N–H and O–H groups in total. The number of halogens is 3. The van der Waals surface area contributed by atoms with Crippen molar-refractivity contribution in [2.24, 2.45) is 0 Å². The highest BCUT2D eigenvalue weighted by Crippen LogP contribution is 2.28. The van der Waals surface area contributed by atoms with Gasteiger partial charge >= 0.3 is 0 Å². The van der Waals surface area contributed by atoms with Crippen LogP contribution in [0.15, 0.2) is 18.3 Å². The van der Waals surface area contributed by atoms with Gasteiger partial charge in [-0.15, -0.1) is 0 Å². The van der Waals surface area contributed by atoms with Crippen molar-refractivity contribution in [3.05, 3.63) is 40.6 Å². The summed E-state index contributed by atoms with van der Waals surface area (Å²) in [5, 5.41) is 8.58. The molecule has 1 aromatic heterocycles. The zero-order valence-corrected chi connectivity index (χ0v) is 8.02. The molecule has 2 nitrogen and oxygen atoms in total. The monoisotopic (exact) mass is 224 g/mol. The largest absolute Gasteiger partial charge is 0.255 e. The molecule has 1 aromatic carbocycles. The summed E-state index contributed by atoms with van der Waals surface area (Å²) in [7, 11) is 0. The SMILES string of the molecule is N#Cc1cnc2cc(F)cc(F)c2c1Cl. The highest BCUT2D eigenvalue weighted by Gasteiger charge is 2.12. The standard InChI is InChI=1S/C10H3ClF2N2/c11-10-5(3-14)4-15-8-2-6(12)1-7(13)9(8)10/h1-2,4H. The molecule has 0 aliphatic carbocycles. The normalized spacial score (nSPS) is 10.3. The summed E-state index contributed by atoms with van der Waals surface area (Å²) >= 11 is 5.77. The van der Waals surface area contributed by atoms with Crippen LogP contribution in [0.4, 0.5) is 8.78 Å². The van der Waals surface area contributed by atoms with Crippen molar-refractivity contribution in [1.82, 2.24) is 4.98 Å². The van der Waals surface area contributed by atoms with Crippen molar-refractivity contribution in [2.75, 3.05) is 0 Å². The zero-order chi connectivity index (χ0) is 11.0. The smallest absolute Gasteiger partial charge is 0.137 e. The van der Waals surface area contributed by atoms with Gasteiger partial charge in [0.15, 0.2) is 0 Å². The average molecular weight is 225 g/mol. The van der Waals surface area contributed by atoms with Crippen LogP contribution in [0.25, 0.3) is 10.9 Å². The van der Waals surface area contributed by atoms with Crippen LogP contribution >= 0.6 is 11.6 Å². The second-order valence-electron chi connectivity index (χ2n) is 2.88. The van der Waals surface area contributed by atoms with Crippen molar-refractivity contribution >= 4 is 22.5 Å². The molecule has 15 heavy (non-hydrogen) atoms. The van der Waals surface area contributed by atoms with Crippen LogP contribution in [0.2, 0.25) is 5.02 Å². The van der Waals surface area contributed by atoms with Gasteiger partial charge in [0.1, 0.15) is 17.7 Å². The molecule has 5 heteroatoms. The fourth-order valence-electron chi connectivity index (χ4n) is 1.28. The number of hydrogen-bond donors (Lipinski definition) is 0. The zero-order valence-electron chi connectivity index (χ0n) is 7.26. The molecular weight excluding hydrogens is 222 g/mol. The molecule has 0 bridgehead atoms. The minimum absolute atomic E-state index is 0.0304. The molecular formula is C10H3ClF2N2. The maximum absolute atomic E-state index is 13.4. The number of fused-ring (bicyclic) bond motifs is 1. The van der Waals surface area contributed by atoms with Gasteiger partial charge in [0, 0.05) is 18.3 Å². The molecule has 1 heterocycles. The number of benzene rings is 1. The number of nitrogens with zero attached hydrogens (tertiary/aromatic N) is 2. The van der Waals surface area contributed by atoms with E-state index in [4.69, 9.17) is 16.9 Å². The van der Waals surface area contributed by atoms with Gasteiger partial charge in [-0.1, -0.05) is 11.6 Å². The minimum atomic E-state index is -0.820. The van der Waals surface area contributed by atoms with Gasteiger partial charge in [-0.2, -0.15) is 5.26 Å². The number of aromatic nitrogens is 1. The van der Waals surface area contributed by atoms with Gasteiger partial charge < -0.3 is 0 Å². The van der Waals surface area contributed by atoms with Gasteiger partial charge in [-0.05, 0) is 0 Å². The number of rotatable bonds is 0. The average Bonchev–Trinajstić information content (AvgIpc) is 2.17. The van der Waals surface area contributed by atoms with Crippen molar-refractivity contribution in [3.63, 3.8) is 0 Å². The summed E-state index contributed by atoms with van der Waals surface area (Å²) < 4.78 is 26.2. The van der Waals surface area contributed by atoms with Crippen LogP contribution in [-0.2, 0) is 0 Å². The summed E-state index contributed by atoms with van der Waals surface area (Å²) in [5.41, 5.74) is 0.158. The van der Waals surface area contributed by atoms with Gasteiger partial charge in [0.25, 0.3) is 0 Å². The first-order chi connectivity index (χ1) is 7.13. The predicted octanol–water partition coefficient (Wildman–Crippen LogP) is 3.04. The number of nitriles is 1. The Morgan fingerprint density at radius 1 is 1.33 bits per heavy atom. The van der Waals surface area contributed by atoms with Gasteiger partial charge in [0.05, 0.1) is 21.5 Å². The summed E-state index contributed by atoms with van der Waals surface area (Å²) in [4.78, 5) is 3.75. The van der Waals surface area contributed by atoms with Crippen molar-refractivity contribution in [1.29, 1.82) is 5.26 Å². The predicted molar refractivity (Wildman–Crippen MR) is 51.4 cm³/mol. The van der Waals surface area contributed by atoms with Crippen LogP contribution in [0.1, 0.15) is 5.56 Å². The fourth-order valence-corrected chi connectivity index (χ4v) is 1.56. The number of pyridine rings is 1. The van der Waals surface area contributed by atoms with Gasteiger partial charge in [0.2, 0.25) is 0 Å². The number of hydrogen-bond acceptors (Lipinski definition) is 2. The first-order valence-corrected chi connectivity index (χ1v) is 4.34. The van der Waals surface area contributed by atoms with E-state index in [-0.39, 0.29) is 21.5 Å². The van der Waals surface area contributed by atoms with E-state index < -0.39 is 11.6 Å². The molecule has 0 saturated carbocycles. The second-order valence-corrected chi connectivity index (χ2v) is 3.26. The molecule has 0 atom stereocenters. The van der Waals surface area contributed by atoms with Crippen molar-refractivity contribution in [2.45, 2.75) is 0 Å². The third-order valence-electron chi connectivity index (χ3n) is 1.94. The minimum Gasteiger partial charge on any atom is -0.255 e. The lowest BCUT2D eigenvalue weighted by molar-refractivity contribution is 0.591. The summed E-state index contributed by atoms with van der Waals surface area (Å²) in [6, 6.07) is 3.54. The Balaban J connectivity index is 2.94. The van der Waals surface area contributed by atoms with E-state index in [0.717, 1.165) is 6.07 Å². The molecule has 0 saturated heterocycles. The molecule has 0 radical (unpaired) electrons. The van der Waals surface area contributed by atoms with Crippen molar-refractivity contribution in [3.8, 4) is 6.07 Å². The highest BCUT2D eigenvalue weighted by molar-refractivity contribution is 6.36. The van der Waals surface area contributed by atoms with E-state index in [1.54, 1.807) is 6.07 Å². The van der Waals surface area contributed by atoms with Crippen LogP contribution < -0.4 is 0 Å². The summed E-state index contributed by atoms with van der Waals surface area (Å²) in [6.07, 6.45) is 1.18. The molecule has 0 amide bonds. The second kappa shape index (κ2) is 3.44. The lowest BCUT2D eigenvalue weighted by atomic mass is 10.1. The van der Waals surface area contributed by atoms with E-state index in [9.17, 15) is 8.78 Å². The Morgan fingerprint density at radius 3 is 2.73 bits per heavy atom. The molecule has 2 aromatic rings. The Kier molecular flexibility index (Phi) is 2.25. The van der Waals surface area contributed by atoms with Gasteiger partial charge in [-0.3, -0.25) is 4.98 Å². The lowest BCUT2D eigenvalue weighted by Gasteiger charge is -2.02. The highest BCUT2D eigenvalue weighted by atomic mass is 35.5. The van der Waals surface area contributed by atoms with Gasteiger partial charge in [-0.25, -0.2) is 8.78 Å². The van der Waals surface area contributed by atoms with Crippen molar-refractivity contribution < 1.29 is 8.78 Å². The lowest BCUT2D eigenvalue weighted by Crippen LogP contribution is -1.90. The first kappa shape index (κ1) is 9.81. The Bertz CT molecular complexity index is 590. The summed E-state index contributed by atoms with van der Waals surface area (Å²) in [5.74, 6) is -1.55. The molecule has 74 valence electrons. The fraction of sp³-hybridized carbons (Fsp3) is 0. The molecule has 0 unspecified atom stereocenters. The molecule has 0 spiro atoms. The van der Waals surface area contributed by atoms with E-state index in [0.29, 0.717) is 6.07 Å². The Hall–Kier alpha value is -1.73. The summed E-state index contributed by atoms with van der Waals surface area (Å²) in [6.45, 7) is 0. The Morgan fingerprint density at radius 2 is 2.07 bits per heavy atom. The Labute approximate surface area is 88.7 Å². The molecule has 2 rings (SSSR count). The third kappa shape index (κ3) is 1.51. The van der Waals surface area contributed by atoms with Crippen LogP contribution in [0.3, 0.4) is 0 Å². The maximum atomic E-state index is 13.4. The van der Waals surface area contributed by atoms with E-state index in [2.05, 4.69) is 4.98 Å². The molecule has 0 aliphatic heterocycles. The van der Waals surface area contributed by atoms with E-state index >= 15 is 0 Å². The third-order valence-corrected chi connectivity index (χ3v) is 2.34. The van der Waals surface area contributed by atoms with E-state index in [1.165, 1.54) is 6.20 Å².